The maximum atomic E-state index is 11.9. The van der Waals surface area contributed by atoms with Crippen LogP contribution < -0.4 is 15.2 Å². The van der Waals surface area contributed by atoms with Crippen LogP contribution in [0.4, 0.5) is 0 Å². The third-order valence-electron chi connectivity index (χ3n) is 3.03. The van der Waals surface area contributed by atoms with Gasteiger partial charge in [0.15, 0.2) is 11.4 Å². The molecular formula is C17H23N3O6. The van der Waals surface area contributed by atoms with Crippen molar-refractivity contribution in [1.82, 2.24) is 0 Å². The Hall–Kier alpha value is -3.23. The molecule has 1 rings (SSSR count). The summed E-state index contributed by atoms with van der Waals surface area (Å²) in [7, 11) is 3.05. The normalized spacial score (nSPS) is 12.5. The molecule has 0 fully saturated rings. The van der Waals surface area contributed by atoms with Gasteiger partial charge in [0.1, 0.15) is 11.5 Å². The summed E-state index contributed by atoms with van der Waals surface area (Å²) in [6.45, 7) is 3.49. The van der Waals surface area contributed by atoms with Gasteiger partial charge in [0.25, 0.3) is 5.95 Å². The third kappa shape index (κ3) is 5.69. The third-order valence-corrected chi connectivity index (χ3v) is 3.03. The zero-order chi connectivity index (χ0) is 19.5. The van der Waals surface area contributed by atoms with E-state index in [1.54, 1.807) is 39.2 Å². The zero-order valence-corrected chi connectivity index (χ0v) is 15.2. The number of aliphatic hydroxyl groups excluding tert-OH is 1. The lowest BCUT2D eigenvalue weighted by atomic mass is 10.2. The van der Waals surface area contributed by atoms with Gasteiger partial charge >= 0.3 is 5.97 Å². The lowest BCUT2D eigenvalue weighted by Crippen LogP contribution is -2.25. The highest BCUT2D eigenvalue weighted by molar-refractivity contribution is 6.18. The van der Waals surface area contributed by atoms with Crippen molar-refractivity contribution in [3.8, 4) is 11.5 Å². The quantitative estimate of drug-likeness (QED) is 0.171. The first-order chi connectivity index (χ1) is 12.5. The van der Waals surface area contributed by atoms with E-state index in [9.17, 15) is 9.90 Å². The molecule has 0 aliphatic heterocycles. The molecule has 142 valence electrons. The molecule has 0 saturated heterocycles. The summed E-state index contributed by atoms with van der Waals surface area (Å²) in [5.74, 6) is -0.754. The van der Waals surface area contributed by atoms with Crippen molar-refractivity contribution < 1.29 is 28.8 Å². The van der Waals surface area contributed by atoms with E-state index in [0.717, 1.165) is 0 Å². The molecular weight excluding hydrogens is 342 g/mol. The fraction of sp³-hybridized carbons (Fsp3) is 0.353. The molecule has 0 bridgehead atoms. The number of nitrogens with zero attached hydrogens (tertiary/aromatic N) is 2. The molecule has 3 N–H and O–H groups in total. The molecule has 0 aliphatic carbocycles. The standard InChI is InChI=1S/C17H23N3O6/c1-5-25-16(21)14(17(22)26-6-2)15(18)20-19-10-11-7-8-12(23-3)9-13(11)24-4/h7-10,21H,5-6H2,1-4H3,(H2,18,20)/b16-14-,19-10-. The minimum atomic E-state index is -0.864. The second kappa shape index (κ2) is 10.6. The van der Waals surface area contributed by atoms with E-state index in [-0.39, 0.29) is 19.0 Å². The first-order valence-corrected chi connectivity index (χ1v) is 7.80. The van der Waals surface area contributed by atoms with Crippen LogP contribution in [0.25, 0.3) is 0 Å². The highest BCUT2D eigenvalue weighted by atomic mass is 16.6. The summed E-state index contributed by atoms with van der Waals surface area (Å²) in [5.41, 5.74) is 5.96. The number of amidine groups is 1. The van der Waals surface area contributed by atoms with Crippen LogP contribution in [0, 0.1) is 0 Å². The summed E-state index contributed by atoms with van der Waals surface area (Å²) in [5, 5.41) is 17.4. The minimum Gasteiger partial charge on any atom is -0.497 e. The number of carbonyl (C=O) groups excluding carboxylic acids is 1. The van der Waals surface area contributed by atoms with Gasteiger partial charge in [-0.25, -0.2) is 4.79 Å². The van der Waals surface area contributed by atoms with Crippen LogP contribution in [0.15, 0.2) is 39.9 Å². The molecule has 0 amide bonds. The second-order valence-electron chi connectivity index (χ2n) is 4.67. The number of rotatable bonds is 9. The van der Waals surface area contributed by atoms with Crippen molar-refractivity contribution in [2.45, 2.75) is 13.8 Å². The summed E-state index contributed by atoms with van der Waals surface area (Å²) in [6.07, 6.45) is 1.38. The van der Waals surface area contributed by atoms with Crippen molar-refractivity contribution in [2.75, 3.05) is 27.4 Å². The number of benzene rings is 1. The molecule has 0 unspecified atom stereocenters. The van der Waals surface area contributed by atoms with E-state index < -0.39 is 17.5 Å². The van der Waals surface area contributed by atoms with Crippen LogP contribution in [-0.4, -0.2) is 50.6 Å². The first kappa shape index (κ1) is 20.8. The Labute approximate surface area is 151 Å². The fourth-order valence-corrected chi connectivity index (χ4v) is 1.84. The molecule has 0 aliphatic rings. The van der Waals surface area contributed by atoms with E-state index in [4.69, 9.17) is 24.7 Å². The van der Waals surface area contributed by atoms with E-state index in [1.165, 1.54) is 13.3 Å². The van der Waals surface area contributed by atoms with Gasteiger partial charge in [-0.1, -0.05) is 0 Å². The van der Waals surface area contributed by atoms with Gasteiger partial charge < -0.3 is 29.8 Å². The van der Waals surface area contributed by atoms with E-state index in [0.29, 0.717) is 17.1 Å². The lowest BCUT2D eigenvalue weighted by Gasteiger charge is -2.09. The Morgan fingerprint density at radius 2 is 1.88 bits per heavy atom. The Morgan fingerprint density at radius 3 is 2.46 bits per heavy atom. The van der Waals surface area contributed by atoms with Gasteiger partial charge in [0, 0.05) is 11.6 Å². The molecule has 1 aromatic carbocycles. The van der Waals surface area contributed by atoms with Gasteiger partial charge in [-0.15, -0.1) is 5.10 Å². The number of carbonyl (C=O) groups is 1. The maximum absolute atomic E-state index is 11.9. The van der Waals surface area contributed by atoms with Crippen LogP contribution in [0.1, 0.15) is 19.4 Å². The van der Waals surface area contributed by atoms with Crippen LogP contribution in [0.2, 0.25) is 0 Å². The Balaban J connectivity index is 3.12. The molecule has 9 nitrogen and oxygen atoms in total. The fourth-order valence-electron chi connectivity index (χ4n) is 1.84. The second-order valence-corrected chi connectivity index (χ2v) is 4.67. The van der Waals surface area contributed by atoms with Gasteiger partial charge in [-0.2, -0.15) is 5.10 Å². The molecule has 26 heavy (non-hydrogen) atoms. The van der Waals surface area contributed by atoms with Crippen LogP contribution in [-0.2, 0) is 14.3 Å². The van der Waals surface area contributed by atoms with Crippen LogP contribution >= 0.6 is 0 Å². The summed E-state index contributed by atoms with van der Waals surface area (Å²) >= 11 is 0. The van der Waals surface area contributed by atoms with Crippen LogP contribution in [0.3, 0.4) is 0 Å². The largest absolute Gasteiger partial charge is 0.497 e. The van der Waals surface area contributed by atoms with E-state index in [2.05, 4.69) is 10.2 Å². The van der Waals surface area contributed by atoms with E-state index >= 15 is 0 Å². The highest BCUT2D eigenvalue weighted by Gasteiger charge is 2.22. The molecule has 9 heteroatoms. The SMILES string of the molecule is CCOC(=O)C(=C(/O)OCC)/C(N)=N\N=C/c1ccc(OC)cc1OC. The van der Waals surface area contributed by atoms with Gasteiger partial charge in [0.2, 0.25) is 0 Å². The Kier molecular flexibility index (Phi) is 8.48. The van der Waals surface area contributed by atoms with Crippen molar-refractivity contribution in [3.05, 3.63) is 35.3 Å². The number of hydrogen-bond acceptors (Lipinski definition) is 8. The summed E-state index contributed by atoms with van der Waals surface area (Å²) < 4.78 is 20.1. The molecule has 0 heterocycles. The maximum Gasteiger partial charge on any atom is 0.349 e. The number of methoxy groups -OCH3 is 2. The zero-order valence-electron chi connectivity index (χ0n) is 15.2. The summed E-state index contributed by atoms with van der Waals surface area (Å²) in [6, 6.07) is 5.12. The van der Waals surface area contributed by atoms with Crippen molar-refractivity contribution in [2.24, 2.45) is 15.9 Å². The molecule has 1 aromatic rings. The van der Waals surface area contributed by atoms with Gasteiger partial charge in [-0.05, 0) is 26.0 Å². The Bertz CT molecular complexity index is 712. The number of nitrogens with two attached hydrogens (primary N) is 1. The minimum absolute atomic E-state index is 0.0985. The lowest BCUT2D eigenvalue weighted by molar-refractivity contribution is -0.138. The van der Waals surface area contributed by atoms with Gasteiger partial charge in [-0.3, -0.25) is 0 Å². The van der Waals surface area contributed by atoms with E-state index in [1.807, 2.05) is 0 Å². The van der Waals surface area contributed by atoms with Gasteiger partial charge in [0.05, 0.1) is 33.6 Å². The topological polar surface area (TPSA) is 125 Å². The molecule has 0 atom stereocenters. The van der Waals surface area contributed by atoms with Crippen molar-refractivity contribution in [3.63, 3.8) is 0 Å². The number of hydrogen-bond donors (Lipinski definition) is 2. The number of esters is 1. The van der Waals surface area contributed by atoms with Crippen molar-refractivity contribution >= 4 is 18.0 Å². The predicted molar refractivity (Wildman–Crippen MR) is 96.7 cm³/mol. The first-order valence-electron chi connectivity index (χ1n) is 7.80. The smallest absolute Gasteiger partial charge is 0.349 e. The average Bonchev–Trinajstić information content (AvgIpc) is 2.62. The molecule has 0 aromatic heterocycles. The number of ether oxygens (including phenoxy) is 4. The summed E-state index contributed by atoms with van der Waals surface area (Å²) in [4.78, 5) is 11.9. The highest BCUT2D eigenvalue weighted by Crippen LogP contribution is 2.23. The van der Waals surface area contributed by atoms with Crippen LogP contribution in [0.5, 0.6) is 11.5 Å². The molecule has 0 radical (unpaired) electrons. The molecule has 0 saturated carbocycles. The van der Waals surface area contributed by atoms with Crippen molar-refractivity contribution in [1.29, 1.82) is 0 Å². The Morgan fingerprint density at radius 1 is 1.19 bits per heavy atom. The monoisotopic (exact) mass is 365 g/mol. The molecule has 0 spiro atoms. The predicted octanol–water partition coefficient (Wildman–Crippen LogP) is 1.76. The number of aliphatic hydroxyl groups is 1. The average molecular weight is 365 g/mol.